The number of benzene rings is 1. The molecule has 0 spiro atoms. The summed E-state index contributed by atoms with van der Waals surface area (Å²) in [5.41, 5.74) is 3.91. The fourth-order valence-corrected chi connectivity index (χ4v) is 4.71. The molecule has 1 aliphatic rings. The number of rotatable bonds is 8. The lowest BCUT2D eigenvalue weighted by Crippen LogP contribution is -2.30. The Bertz CT molecular complexity index is 1330. The number of nitrogens with zero attached hydrogens (tertiary/aromatic N) is 3. The molecule has 4 rings (SSSR count). The van der Waals surface area contributed by atoms with Crippen molar-refractivity contribution in [3.63, 3.8) is 0 Å². The maximum atomic E-state index is 13.1. The van der Waals surface area contributed by atoms with Crippen molar-refractivity contribution in [3.05, 3.63) is 53.5 Å². The highest BCUT2D eigenvalue weighted by molar-refractivity contribution is 6.04. The molecule has 9 nitrogen and oxygen atoms in total. The Morgan fingerprint density at radius 2 is 1.89 bits per heavy atom. The van der Waals surface area contributed by atoms with Crippen LogP contribution in [0.15, 0.2) is 36.5 Å². The van der Waals surface area contributed by atoms with E-state index >= 15 is 0 Å². The van der Waals surface area contributed by atoms with Crippen molar-refractivity contribution < 1.29 is 32.6 Å². The number of alkyl halides is 3. The van der Waals surface area contributed by atoms with Crippen LogP contribution in [0.4, 0.5) is 18.9 Å². The van der Waals surface area contributed by atoms with Crippen LogP contribution in [0.3, 0.4) is 0 Å². The first-order valence-electron chi connectivity index (χ1n) is 12.3. The lowest BCUT2D eigenvalue weighted by molar-refractivity contribution is -0.141. The van der Waals surface area contributed by atoms with E-state index in [2.05, 4.69) is 10.3 Å². The molecule has 0 saturated heterocycles. The second-order valence-corrected chi connectivity index (χ2v) is 10.0. The smallest absolute Gasteiger partial charge is 0.396 e. The molecule has 0 aliphatic heterocycles. The van der Waals surface area contributed by atoms with Gasteiger partial charge in [0.15, 0.2) is 0 Å². The number of aromatic nitrogens is 3. The lowest BCUT2D eigenvalue weighted by Gasteiger charge is -2.28. The quantitative estimate of drug-likeness (QED) is 0.398. The van der Waals surface area contributed by atoms with Gasteiger partial charge in [0.25, 0.3) is 5.91 Å². The maximum absolute atomic E-state index is 13.1. The molecule has 0 radical (unpaired) electrons. The van der Waals surface area contributed by atoms with Crippen LogP contribution in [0.1, 0.15) is 67.3 Å². The van der Waals surface area contributed by atoms with Gasteiger partial charge in [-0.1, -0.05) is 6.07 Å². The summed E-state index contributed by atoms with van der Waals surface area (Å²) in [5.74, 6) is -1.23. The number of hydrogen-bond donors (Lipinski definition) is 3. The molecule has 12 heteroatoms. The number of amides is 2. The van der Waals surface area contributed by atoms with E-state index in [4.69, 9.17) is 15.6 Å². The molecule has 3 aromatic rings. The van der Waals surface area contributed by atoms with E-state index in [-0.39, 0.29) is 30.9 Å². The number of carbonyl (C=O) groups is 2. The van der Waals surface area contributed by atoms with Crippen LogP contribution in [0.25, 0.3) is 10.9 Å². The normalized spacial score (nSPS) is 18.5. The van der Waals surface area contributed by atoms with Gasteiger partial charge in [-0.15, -0.1) is 0 Å². The van der Waals surface area contributed by atoms with Gasteiger partial charge in [0.1, 0.15) is 18.0 Å². The third kappa shape index (κ3) is 6.13. The molecule has 2 amide bonds. The van der Waals surface area contributed by atoms with E-state index in [1.165, 1.54) is 6.07 Å². The maximum Gasteiger partial charge on any atom is 0.433 e. The number of halogens is 3. The zero-order valence-corrected chi connectivity index (χ0v) is 21.1. The number of primary amides is 1. The van der Waals surface area contributed by atoms with Crippen molar-refractivity contribution in [1.82, 2.24) is 14.8 Å². The Labute approximate surface area is 217 Å². The highest BCUT2D eigenvalue weighted by atomic mass is 19.4. The molecule has 204 valence electrons. The van der Waals surface area contributed by atoms with Crippen LogP contribution in [-0.4, -0.2) is 44.9 Å². The van der Waals surface area contributed by atoms with E-state index in [0.29, 0.717) is 16.5 Å². The van der Waals surface area contributed by atoms with E-state index in [1.54, 1.807) is 26.0 Å². The largest absolute Gasteiger partial charge is 0.433 e. The molecule has 2 aromatic heterocycles. The predicted molar refractivity (Wildman–Crippen MR) is 133 cm³/mol. The van der Waals surface area contributed by atoms with Gasteiger partial charge < -0.3 is 20.9 Å². The lowest BCUT2D eigenvalue weighted by atomic mass is 9.87. The number of ether oxygens (including phenoxy) is 1. The van der Waals surface area contributed by atoms with E-state index in [0.717, 1.165) is 37.8 Å². The third-order valence-electron chi connectivity index (χ3n) is 6.85. The van der Waals surface area contributed by atoms with E-state index < -0.39 is 35.0 Å². The van der Waals surface area contributed by atoms with Crippen LogP contribution >= 0.6 is 0 Å². The van der Waals surface area contributed by atoms with Crippen molar-refractivity contribution >= 4 is 28.4 Å². The van der Waals surface area contributed by atoms with Gasteiger partial charge in [-0.25, -0.2) is 4.98 Å². The topological polar surface area (TPSA) is 132 Å². The van der Waals surface area contributed by atoms with Gasteiger partial charge >= 0.3 is 6.18 Å². The van der Waals surface area contributed by atoms with Gasteiger partial charge in [0.05, 0.1) is 17.2 Å². The number of hydrogen-bond acceptors (Lipinski definition) is 6. The Hall–Kier alpha value is -3.51. The van der Waals surface area contributed by atoms with Crippen LogP contribution in [-0.2, 0) is 21.3 Å². The molecule has 4 N–H and O–H groups in total. The van der Waals surface area contributed by atoms with Crippen molar-refractivity contribution in [1.29, 1.82) is 0 Å². The molecule has 0 bridgehead atoms. The SMILES string of the molecule is CC(C)(OCC(N)=O)c1cc2nn(C3CCC(CO)CC3)cc2cc1NC(=O)c1cccc(C(F)(F)F)n1. The average molecular weight is 534 g/mol. The molecule has 1 aromatic carbocycles. The Balaban J connectivity index is 1.70. The predicted octanol–water partition coefficient (Wildman–Crippen LogP) is 4.16. The van der Waals surface area contributed by atoms with Crippen LogP contribution < -0.4 is 11.1 Å². The van der Waals surface area contributed by atoms with Gasteiger partial charge in [0, 0.05) is 29.4 Å². The first kappa shape index (κ1) is 27.5. The highest BCUT2D eigenvalue weighted by Gasteiger charge is 2.33. The van der Waals surface area contributed by atoms with Gasteiger partial charge in [-0.3, -0.25) is 14.3 Å². The first-order valence-corrected chi connectivity index (χ1v) is 12.3. The minimum atomic E-state index is -4.70. The number of anilines is 1. The summed E-state index contributed by atoms with van der Waals surface area (Å²) in [6.45, 7) is 3.16. The molecule has 1 saturated carbocycles. The first-order chi connectivity index (χ1) is 17.9. The number of pyridine rings is 1. The van der Waals surface area contributed by atoms with Crippen molar-refractivity contribution in [2.75, 3.05) is 18.5 Å². The number of aliphatic hydroxyl groups excluding tert-OH is 1. The molecule has 1 aliphatic carbocycles. The molecular weight excluding hydrogens is 503 g/mol. The molecule has 0 unspecified atom stereocenters. The molecule has 2 heterocycles. The summed E-state index contributed by atoms with van der Waals surface area (Å²) in [6.07, 6.45) is 0.673. The number of aliphatic hydroxyl groups is 1. The zero-order valence-electron chi connectivity index (χ0n) is 21.1. The Morgan fingerprint density at radius 3 is 2.53 bits per heavy atom. The minimum absolute atomic E-state index is 0.153. The Morgan fingerprint density at radius 1 is 1.18 bits per heavy atom. The summed E-state index contributed by atoms with van der Waals surface area (Å²) < 4.78 is 47.0. The zero-order chi connectivity index (χ0) is 27.7. The average Bonchev–Trinajstić information content (AvgIpc) is 3.30. The summed E-state index contributed by atoms with van der Waals surface area (Å²) in [5, 5.41) is 17.5. The van der Waals surface area contributed by atoms with Gasteiger partial charge in [-0.2, -0.15) is 18.3 Å². The van der Waals surface area contributed by atoms with Crippen LogP contribution in [0.5, 0.6) is 0 Å². The second kappa shape index (κ2) is 10.7. The minimum Gasteiger partial charge on any atom is -0.396 e. The fourth-order valence-electron chi connectivity index (χ4n) is 4.71. The molecule has 0 atom stereocenters. The fraction of sp³-hybridized carbons (Fsp3) is 0.462. The summed E-state index contributed by atoms with van der Waals surface area (Å²) >= 11 is 0. The molecule has 38 heavy (non-hydrogen) atoms. The van der Waals surface area contributed by atoms with Gasteiger partial charge in [0.2, 0.25) is 5.91 Å². The highest BCUT2D eigenvalue weighted by Crippen LogP contribution is 2.37. The van der Waals surface area contributed by atoms with Crippen molar-refractivity contribution in [3.8, 4) is 0 Å². The van der Waals surface area contributed by atoms with Crippen LogP contribution in [0.2, 0.25) is 0 Å². The van der Waals surface area contributed by atoms with Crippen molar-refractivity contribution in [2.24, 2.45) is 11.7 Å². The number of carbonyl (C=O) groups excluding carboxylic acids is 2. The standard InChI is InChI=1S/C26H30F3N5O4/c1-25(2,38-14-23(30)36)18-11-20-16(12-34(33-20)17-8-6-15(13-35)7-9-17)10-21(18)32-24(37)19-4-3-5-22(31-19)26(27,28)29/h3-5,10-12,15,17,35H,6-9,13-14H2,1-2H3,(H2,30,36)(H,32,37). The summed E-state index contributed by atoms with van der Waals surface area (Å²) in [6, 6.07) is 6.65. The summed E-state index contributed by atoms with van der Waals surface area (Å²) in [7, 11) is 0. The molecular formula is C26H30F3N5O4. The monoisotopic (exact) mass is 533 g/mol. The van der Waals surface area contributed by atoms with Gasteiger partial charge in [-0.05, 0) is 69.7 Å². The molecule has 1 fully saturated rings. The Kier molecular flexibility index (Phi) is 7.75. The summed E-state index contributed by atoms with van der Waals surface area (Å²) in [4.78, 5) is 27.8. The van der Waals surface area contributed by atoms with Crippen molar-refractivity contribution in [2.45, 2.75) is 57.3 Å². The van der Waals surface area contributed by atoms with E-state index in [9.17, 15) is 27.9 Å². The third-order valence-corrected chi connectivity index (χ3v) is 6.85. The number of nitrogens with one attached hydrogen (secondary N) is 1. The van der Waals surface area contributed by atoms with E-state index in [1.807, 2.05) is 10.9 Å². The second-order valence-electron chi connectivity index (χ2n) is 10.0. The number of nitrogens with two attached hydrogens (primary N) is 1. The van der Waals surface area contributed by atoms with Crippen LogP contribution in [0, 0.1) is 5.92 Å². The number of fused-ring (bicyclic) bond motifs is 1.